The van der Waals surface area contributed by atoms with Crippen molar-refractivity contribution in [2.24, 2.45) is 0 Å². The zero-order chi connectivity index (χ0) is 13.7. The van der Waals surface area contributed by atoms with Crippen molar-refractivity contribution >= 4 is 10.8 Å². The first-order valence-electron chi connectivity index (χ1n) is 6.00. The van der Waals surface area contributed by atoms with Crippen LogP contribution in [0.25, 0.3) is 11.3 Å². The van der Waals surface area contributed by atoms with Crippen molar-refractivity contribution in [3.8, 4) is 11.3 Å². The summed E-state index contributed by atoms with van der Waals surface area (Å²) in [6, 6.07) is 9.94. The van der Waals surface area contributed by atoms with Crippen LogP contribution in [0, 0.1) is 5.82 Å². The highest BCUT2D eigenvalue weighted by molar-refractivity contribution is 7.84. The van der Waals surface area contributed by atoms with Crippen LogP contribution in [-0.4, -0.2) is 22.8 Å². The van der Waals surface area contributed by atoms with E-state index in [1.165, 1.54) is 12.1 Å². The van der Waals surface area contributed by atoms with Crippen LogP contribution in [-0.2, 0) is 17.3 Å². The summed E-state index contributed by atoms with van der Waals surface area (Å²) >= 11 is 0. The van der Waals surface area contributed by atoms with Crippen LogP contribution in [0.4, 0.5) is 4.39 Å². The normalized spacial score (nSPS) is 12.5. The Balaban J connectivity index is 1.91. The Bertz CT molecular complexity index is 551. The van der Waals surface area contributed by atoms with Gasteiger partial charge in [-0.05, 0) is 36.4 Å². The molecule has 0 aliphatic heterocycles. The van der Waals surface area contributed by atoms with Crippen molar-refractivity contribution in [2.45, 2.75) is 6.54 Å². The molecule has 2 rings (SSSR count). The molecule has 0 saturated heterocycles. The second-order valence-corrected chi connectivity index (χ2v) is 5.78. The van der Waals surface area contributed by atoms with Crippen molar-refractivity contribution in [3.63, 3.8) is 0 Å². The van der Waals surface area contributed by atoms with Gasteiger partial charge in [-0.15, -0.1) is 0 Å². The topological polar surface area (TPSA) is 42.2 Å². The highest BCUT2D eigenvalue weighted by atomic mass is 32.2. The molecule has 1 unspecified atom stereocenters. The molecular formula is C14H16FNO2S. The molecule has 0 bridgehead atoms. The van der Waals surface area contributed by atoms with E-state index in [4.69, 9.17) is 4.42 Å². The van der Waals surface area contributed by atoms with Gasteiger partial charge in [0.05, 0.1) is 6.54 Å². The minimum atomic E-state index is -0.779. The van der Waals surface area contributed by atoms with Gasteiger partial charge in [-0.2, -0.15) is 0 Å². The average molecular weight is 281 g/mol. The maximum atomic E-state index is 12.8. The summed E-state index contributed by atoms with van der Waals surface area (Å²) in [6.07, 6.45) is 1.68. The number of nitrogens with one attached hydrogen (secondary N) is 1. The summed E-state index contributed by atoms with van der Waals surface area (Å²) in [6.45, 7) is 1.29. The Labute approximate surface area is 114 Å². The average Bonchev–Trinajstić information content (AvgIpc) is 2.84. The molecular weight excluding hydrogens is 265 g/mol. The van der Waals surface area contributed by atoms with E-state index < -0.39 is 10.8 Å². The quantitative estimate of drug-likeness (QED) is 0.827. The van der Waals surface area contributed by atoms with E-state index in [0.717, 1.165) is 17.1 Å². The molecule has 1 atom stereocenters. The molecule has 5 heteroatoms. The fourth-order valence-electron chi connectivity index (χ4n) is 1.67. The Morgan fingerprint density at radius 1 is 1.21 bits per heavy atom. The molecule has 1 N–H and O–H groups in total. The molecule has 1 heterocycles. The van der Waals surface area contributed by atoms with Crippen LogP contribution in [0.5, 0.6) is 0 Å². The second kappa shape index (κ2) is 6.63. The molecule has 0 aliphatic rings. The van der Waals surface area contributed by atoms with Crippen LogP contribution in [0.2, 0.25) is 0 Å². The summed E-state index contributed by atoms with van der Waals surface area (Å²) < 4.78 is 29.4. The Morgan fingerprint density at radius 2 is 1.95 bits per heavy atom. The van der Waals surface area contributed by atoms with E-state index in [1.807, 2.05) is 12.1 Å². The van der Waals surface area contributed by atoms with E-state index in [-0.39, 0.29) is 5.82 Å². The van der Waals surface area contributed by atoms with Gasteiger partial charge in [0.1, 0.15) is 17.3 Å². The maximum Gasteiger partial charge on any atom is 0.134 e. The lowest BCUT2D eigenvalue weighted by Gasteiger charge is -2.01. The van der Waals surface area contributed by atoms with Gasteiger partial charge >= 0.3 is 0 Å². The summed E-state index contributed by atoms with van der Waals surface area (Å²) in [5.41, 5.74) is 0.849. The maximum absolute atomic E-state index is 12.8. The van der Waals surface area contributed by atoms with Gasteiger partial charge in [-0.1, -0.05) is 0 Å². The minimum Gasteiger partial charge on any atom is -0.460 e. The van der Waals surface area contributed by atoms with Gasteiger partial charge in [0.15, 0.2) is 0 Å². The Hall–Kier alpha value is -1.46. The van der Waals surface area contributed by atoms with Crippen LogP contribution in [0.3, 0.4) is 0 Å². The lowest BCUT2D eigenvalue weighted by Crippen LogP contribution is -2.19. The predicted molar refractivity (Wildman–Crippen MR) is 74.7 cm³/mol. The summed E-state index contributed by atoms with van der Waals surface area (Å²) in [4.78, 5) is 0. The Morgan fingerprint density at radius 3 is 2.63 bits per heavy atom. The fourth-order valence-corrected chi connectivity index (χ4v) is 2.10. The van der Waals surface area contributed by atoms with Crippen molar-refractivity contribution in [1.82, 2.24) is 5.32 Å². The SMILES string of the molecule is CS(=O)CCNCc1ccc(-c2ccc(F)cc2)o1. The third kappa shape index (κ3) is 4.29. The third-order valence-electron chi connectivity index (χ3n) is 2.66. The number of hydrogen-bond donors (Lipinski definition) is 1. The third-order valence-corrected chi connectivity index (χ3v) is 3.43. The molecule has 1 aromatic carbocycles. The molecule has 19 heavy (non-hydrogen) atoms. The molecule has 0 spiro atoms. The molecule has 0 aliphatic carbocycles. The van der Waals surface area contributed by atoms with Gasteiger partial charge in [-0.3, -0.25) is 4.21 Å². The lowest BCUT2D eigenvalue weighted by molar-refractivity contribution is 0.498. The van der Waals surface area contributed by atoms with Gasteiger partial charge < -0.3 is 9.73 Å². The molecule has 2 aromatic rings. The number of halogens is 1. The summed E-state index contributed by atoms with van der Waals surface area (Å²) in [7, 11) is -0.779. The van der Waals surface area contributed by atoms with Crippen molar-refractivity contribution in [1.29, 1.82) is 0 Å². The molecule has 0 saturated carbocycles. The van der Waals surface area contributed by atoms with Crippen molar-refractivity contribution in [3.05, 3.63) is 48.0 Å². The van der Waals surface area contributed by atoms with Crippen LogP contribution in [0.1, 0.15) is 5.76 Å². The van der Waals surface area contributed by atoms with E-state index in [1.54, 1.807) is 18.4 Å². The first kappa shape index (κ1) is 14.0. The van der Waals surface area contributed by atoms with Gasteiger partial charge in [0.2, 0.25) is 0 Å². The lowest BCUT2D eigenvalue weighted by atomic mass is 10.2. The highest BCUT2D eigenvalue weighted by Crippen LogP contribution is 2.22. The largest absolute Gasteiger partial charge is 0.460 e. The minimum absolute atomic E-state index is 0.259. The molecule has 0 fully saturated rings. The fraction of sp³-hybridized carbons (Fsp3) is 0.286. The smallest absolute Gasteiger partial charge is 0.134 e. The summed E-state index contributed by atoms with van der Waals surface area (Å²) in [5.74, 6) is 1.90. The van der Waals surface area contributed by atoms with Crippen LogP contribution >= 0.6 is 0 Å². The summed E-state index contributed by atoms with van der Waals surface area (Å²) in [5, 5.41) is 3.16. The standard InChI is InChI=1S/C14H16FNO2S/c1-19(17)9-8-16-10-13-6-7-14(18-13)11-2-4-12(15)5-3-11/h2-7,16H,8-10H2,1H3. The first-order valence-corrected chi connectivity index (χ1v) is 7.73. The van der Waals surface area contributed by atoms with Gasteiger partial charge in [0, 0.05) is 34.9 Å². The van der Waals surface area contributed by atoms with E-state index >= 15 is 0 Å². The first-order chi connectivity index (χ1) is 9.15. The molecule has 1 aromatic heterocycles. The number of rotatable bonds is 6. The number of furan rings is 1. The predicted octanol–water partition coefficient (Wildman–Crippen LogP) is 2.55. The van der Waals surface area contributed by atoms with Crippen molar-refractivity contribution < 1.29 is 13.0 Å². The van der Waals surface area contributed by atoms with E-state index in [9.17, 15) is 8.60 Å². The second-order valence-electron chi connectivity index (χ2n) is 4.23. The van der Waals surface area contributed by atoms with Crippen LogP contribution in [0.15, 0.2) is 40.8 Å². The molecule has 3 nitrogen and oxygen atoms in total. The van der Waals surface area contributed by atoms with E-state index in [0.29, 0.717) is 18.8 Å². The van der Waals surface area contributed by atoms with Crippen LogP contribution < -0.4 is 5.32 Å². The monoisotopic (exact) mass is 281 g/mol. The molecule has 0 amide bonds. The molecule has 0 radical (unpaired) electrons. The van der Waals surface area contributed by atoms with Crippen molar-refractivity contribution in [2.75, 3.05) is 18.6 Å². The Kier molecular flexibility index (Phi) is 4.87. The number of hydrogen-bond acceptors (Lipinski definition) is 3. The molecule has 102 valence electrons. The zero-order valence-electron chi connectivity index (χ0n) is 10.7. The van der Waals surface area contributed by atoms with Gasteiger partial charge in [0.25, 0.3) is 0 Å². The zero-order valence-corrected chi connectivity index (χ0v) is 11.5. The van der Waals surface area contributed by atoms with Gasteiger partial charge in [-0.25, -0.2) is 4.39 Å². The highest BCUT2D eigenvalue weighted by Gasteiger charge is 2.04. The number of benzene rings is 1. The van der Waals surface area contributed by atoms with E-state index in [2.05, 4.69) is 5.32 Å².